The van der Waals surface area contributed by atoms with Gasteiger partial charge in [-0.15, -0.1) is 0 Å². The van der Waals surface area contributed by atoms with E-state index in [0.29, 0.717) is 24.5 Å². The van der Waals surface area contributed by atoms with E-state index in [2.05, 4.69) is 10.6 Å². The minimum Gasteiger partial charge on any atom is -0.493 e. The molecule has 0 bridgehead atoms. The fraction of sp³-hybridized carbons (Fsp3) is 0.529. The average Bonchev–Trinajstić information content (AvgIpc) is 2.41. The van der Waals surface area contributed by atoms with E-state index in [1.807, 2.05) is 39.8 Å². The standard InChI is InChI=1S/C17H25ClN2O3/c1-12-10-13(18)7-8-14(12)23-9-5-6-15(21)19-11-16(22)20-17(2,3)4/h7-8,10H,5-6,9,11H2,1-4H3,(H,19,21)(H,20,22). The molecule has 5 nitrogen and oxygen atoms in total. The van der Waals surface area contributed by atoms with E-state index in [-0.39, 0.29) is 23.9 Å². The lowest BCUT2D eigenvalue weighted by Crippen LogP contribution is -2.45. The normalized spacial score (nSPS) is 11.0. The lowest BCUT2D eigenvalue weighted by Gasteiger charge is -2.20. The first kappa shape index (κ1) is 19.3. The van der Waals surface area contributed by atoms with E-state index < -0.39 is 0 Å². The molecule has 0 aliphatic heterocycles. The minimum absolute atomic E-state index is 0.00669. The third-order valence-electron chi connectivity index (χ3n) is 2.90. The van der Waals surface area contributed by atoms with Crippen LogP contribution in [0, 0.1) is 6.92 Å². The van der Waals surface area contributed by atoms with Crippen molar-refractivity contribution in [1.82, 2.24) is 10.6 Å². The second-order valence-corrected chi connectivity index (χ2v) is 6.87. The van der Waals surface area contributed by atoms with Gasteiger partial charge in [0.25, 0.3) is 0 Å². The molecule has 0 aromatic heterocycles. The molecule has 23 heavy (non-hydrogen) atoms. The summed E-state index contributed by atoms with van der Waals surface area (Å²) in [5, 5.41) is 6.05. The van der Waals surface area contributed by atoms with Gasteiger partial charge in [-0.3, -0.25) is 9.59 Å². The molecular formula is C17H25ClN2O3. The molecule has 1 aromatic carbocycles. The topological polar surface area (TPSA) is 67.4 Å². The van der Waals surface area contributed by atoms with Gasteiger partial charge in [-0.2, -0.15) is 0 Å². The summed E-state index contributed by atoms with van der Waals surface area (Å²) in [6.07, 6.45) is 0.893. The van der Waals surface area contributed by atoms with Crippen molar-refractivity contribution in [2.24, 2.45) is 0 Å². The van der Waals surface area contributed by atoms with Crippen molar-refractivity contribution in [2.45, 2.75) is 46.1 Å². The van der Waals surface area contributed by atoms with Crippen molar-refractivity contribution in [2.75, 3.05) is 13.2 Å². The van der Waals surface area contributed by atoms with Crippen molar-refractivity contribution < 1.29 is 14.3 Å². The second kappa shape index (κ2) is 8.77. The number of hydrogen-bond acceptors (Lipinski definition) is 3. The summed E-state index contributed by atoms with van der Waals surface area (Å²) in [5.41, 5.74) is 0.660. The Kier molecular flexibility index (Phi) is 7.36. The van der Waals surface area contributed by atoms with Crippen molar-refractivity contribution in [3.63, 3.8) is 0 Å². The molecule has 2 amide bonds. The van der Waals surface area contributed by atoms with Crippen LogP contribution in [0.15, 0.2) is 18.2 Å². The first-order chi connectivity index (χ1) is 10.7. The van der Waals surface area contributed by atoms with E-state index in [0.717, 1.165) is 11.3 Å². The van der Waals surface area contributed by atoms with Crippen LogP contribution in [-0.2, 0) is 9.59 Å². The number of nitrogens with one attached hydrogen (secondary N) is 2. The molecule has 0 aliphatic carbocycles. The van der Waals surface area contributed by atoms with Gasteiger partial charge in [0, 0.05) is 17.0 Å². The average molecular weight is 341 g/mol. The van der Waals surface area contributed by atoms with Crippen LogP contribution in [0.3, 0.4) is 0 Å². The summed E-state index contributed by atoms with van der Waals surface area (Å²) < 4.78 is 5.62. The molecule has 0 heterocycles. The van der Waals surface area contributed by atoms with Gasteiger partial charge in [0.05, 0.1) is 13.2 Å². The van der Waals surface area contributed by atoms with E-state index in [9.17, 15) is 9.59 Å². The predicted octanol–water partition coefficient (Wildman–Crippen LogP) is 2.84. The number of ether oxygens (including phenoxy) is 1. The summed E-state index contributed by atoms with van der Waals surface area (Å²) in [7, 11) is 0. The van der Waals surface area contributed by atoms with Crippen molar-refractivity contribution in [3.8, 4) is 5.75 Å². The maximum absolute atomic E-state index is 11.7. The van der Waals surface area contributed by atoms with E-state index in [4.69, 9.17) is 16.3 Å². The Hall–Kier alpha value is -1.75. The van der Waals surface area contributed by atoms with Crippen LogP contribution >= 0.6 is 11.6 Å². The van der Waals surface area contributed by atoms with Crippen LogP contribution < -0.4 is 15.4 Å². The first-order valence-electron chi connectivity index (χ1n) is 7.64. The van der Waals surface area contributed by atoms with Crippen LogP contribution in [0.1, 0.15) is 39.2 Å². The van der Waals surface area contributed by atoms with Crippen LogP contribution in [0.4, 0.5) is 0 Å². The van der Waals surface area contributed by atoms with E-state index >= 15 is 0 Å². The van der Waals surface area contributed by atoms with E-state index in [1.54, 1.807) is 6.07 Å². The Bertz CT molecular complexity index is 553. The number of carbonyl (C=O) groups is 2. The summed E-state index contributed by atoms with van der Waals surface area (Å²) in [6, 6.07) is 5.41. The number of benzene rings is 1. The Labute approximate surface area is 142 Å². The van der Waals surface area contributed by atoms with Gasteiger partial charge < -0.3 is 15.4 Å². The fourth-order valence-electron chi connectivity index (χ4n) is 1.92. The summed E-state index contributed by atoms with van der Waals surface area (Å²) >= 11 is 5.88. The van der Waals surface area contributed by atoms with Crippen molar-refractivity contribution >= 4 is 23.4 Å². The summed E-state index contributed by atoms with van der Waals surface area (Å²) in [6.45, 7) is 8.02. The third-order valence-corrected chi connectivity index (χ3v) is 3.14. The molecule has 0 fully saturated rings. The number of carbonyl (C=O) groups excluding carboxylic acids is 2. The molecule has 1 aromatic rings. The first-order valence-corrected chi connectivity index (χ1v) is 8.02. The highest BCUT2D eigenvalue weighted by atomic mass is 35.5. The Morgan fingerprint density at radius 2 is 1.91 bits per heavy atom. The highest BCUT2D eigenvalue weighted by Gasteiger charge is 2.14. The van der Waals surface area contributed by atoms with Crippen LogP contribution in [0.25, 0.3) is 0 Å². The van der Waals surface area contributed by atoms with Crippen LogP contribution in [0.5, 0.6) is 5.75 Å². The lowest BCUT2D eigenvalue weighted by molar-refractivity contribution is -0.126. The molecule has 0 saturated heterocycles. The molecular weight excluding hydrogens is 316 g/mol. The number of rotatable bonds is 7. The predicted molar refractivity (Wildman–Crippen MR) is 91.8 cm³/mol. The molecule has 0 radical (unpaired) electrons. The molecule has 0 spiro atoms. The maximum atomic E-state index is 11.7. The lowest BCUT2D eigenvalue weighted by atomic mass is 10.1. The zero-order valence-corrected chi connectivity index (χ0v) is 14.9. The van der Waals surface area contributed by atoms with Gasteiger partial charge in [-0.1, -0.05) is 11.6 Å². The molecule has 0 saturated carbocycles. The third kappa shape index (κ3) is 8.45. The summed E-state index contributed by atoms with van der Waals surface area (Å²) in [4.78, 5) is 23.3. The molecule has 6 heteroatoms. The molecule has 2 N–H and O–H groups in total. The highest BCUT2D eigenvalue weighted by Crippen LogP contribution is 2.21. The van der Waals surface area contributed by atoms with Gasteiger partial charge in [0.15, 0.2) is 0 Å². The van der Waals surface area contributed by atoms with Crippen LogP contribution in [-0.4, -0.2) is 30.5 Å². The Morgan fingerprint density at radius 3 is 2.52 bits per heavy atom. The minimum atomic E-state index is -0.300. The molecule has 0 aliphatic rings. The quantitative estimate of drug-likeness (QED) is 0.750. The van der Waals surface area contributed by atoms with Crippen molar-refractivity contribution in [1.29, 1.82) is 0 Å². The van der Waals surface area contributed by atoms with Gasteiger partial charge in [-0.25, -0.2) is 0 Å². The second-order valence-electron chi connectivity index (χ2n) is 6.44. The number of hydrogen-bond donors (Lipinski definition) is 2. The van der Waals surface area contributed by atoms with Gasteiger partial charge in [0.2, 0.25) is 11.8 Å². The van der Waals surface area contributed by atoms with Gasteiger partial charge >= 0.3 is 0 Å². The fourth-order valence-corrected chi connectivity index (χ4v) is 2.15. The SMILES string of the molecule is Cc1cc(Cl)ccc1OCCCC(=O)NCC(=O)NC(C)(C)C. The Balaban J connectivity index is 2.20. The van der Waals surface area contributed by atoms with Crippen LogP contribution in [0.2, 0.25) is 5.02 Å². The molecule has 1 rings (SSSR count). The van der Waals surface area contributed by atoms with Gasteiger partial charge in [-0.05, 0) is 57.9 Å². The van der Waals surface area contributed by atoms with Gasteiger partial charge in [0.1, 0.15) is 5.75 Å². The largest absolute Gasteiger partial charge is 0.493 e. The highest BCUT2D eigenvalue weighted by molar-refractivity contribution is 6.30. The number of amides is 2. The zero-order chi connectivity index (χ0) is 17.5. The molecule has 0 atom stereocenters. The van der Waals surface area contributed by atoms with Crippen molar-refractivity contribution in [3.05, 3.63) is 28.8 Å². The molecule has 128 valence electrons. The smallest absolute Gasteiger partial charge is 0.239 e. The summed E-state index contributed by atoms with van der Waals surface area (Å²) in [5.74, 6) is 0.406. The monoisotopic (exact) mass is 340 g/mol. The molecule has 0 unspecified atom stereocenters. The zero-order valence-electron chi connectivity index (χ0n) is 14.2. The number of aryl methyl sites for hydroxylation is 1. The Morgan fingerprint density at radius 1 is 1.22 bits per heavy atom. The van der Waals surface area contributed by atoms with E-state index in [1.165, 1.54) is 0 Å². The number of halogens is 1. The maximum Gasteiger partial charge on any atom is 0.239 e.